The van der Waals surface area contributed by atoms with Crippen molar-refractivity contribution < 1.29 is 0 Å². The highest BCUT2D eigenvalue weighted by Crippen LogP contribution is 2.15. The number of pyridine rings is 1. The third kappa shape index (κ3) is 1.51. The van der Waals surface area contributed by atoms with Gasteiger partial charge in [-0.25, -0.2) is 15.0 Å². The molecular weight excluding hydrogens is 380 g/mol. The molecule has 3 nitrogen and oxygen atoms in total. The first-order valence-electron chi connectivity index (χ1n) is 3.21. The molecule has 0 saturated carbocycles. The van der Waals surface area contributed by atoms with Gasteiger partial charge in [0.05, 0.1) is 5.39 Å². The molecular formula is C7H3I2N3. The van der Waals surface area contributed by atoms with Crippen molar-refractivity contribution in [3.05, 3.63) is 25.9 Å². The van der Waals surface area contributed by atoms with E-state index in [0.29, 0.717) is 0 Å². The van der Waals surface area contributed by atoms with Gasteiger partial charge in [0.25, 0.3) is 0 Å². The van der Waals surface area contributed by atoms with Crippen molar-refractivity contribution in [1.82, 2.24) is 15.0 Å². The van der Waals surface area contributed by atoms with Crippen LogP contribution in [0.3, 0.4) is 0 Å². The second-order valence-electron chi connectivity index (χ2n) is 2.16. The lowest BCUT2D eigenvalue weighted by Crippen LogP contribution is -1.93. The Balaban J connectivity index is 2.89. The van der Waals surface area contributed by atoms with Crippen molar-refractivity contribution in [3.63, 3.8) is 0 Å². The van der Waals surface area contributed by atoms with Gasteiger partial charge >= 0.3 is 0 Å². The second kappa shape index (κ2) is 3.36. The molecule has 60 valence electrons. The van der Waals surface area contributed by atoms with Crippen LogP contribution in [0, 0.1) is 7.53 Å². The molecule has 0 amide bonds. The third-order valence-electron chi connectivity index (χ3n) is 1.40. The average Bonchev–Trinajstić information content (AvgIpc) is 2.04. The molecule has 0 unspecified atom stereocenters. The molecule has 2 heterocycles. The second-order valence-corrected chi connectivity index (χ2v) is 4.14. The number of halogens is 2. The molecule has 0 radical (unpaired) electrons. The molecule has 0 bridgehead atoms. The summed E-state index contributed by atoms with van der Waals surface area (Å²) in [5.74, 6) is 0. The Kier molecular flexibility index (Phi) is 2.40. The van der Waals surface area contributed by atoms with Crippen molar-refractivity contribution in [2.45, 2.75) is 0 Å². The molecule has 0 aromatic carbocycles. The fraction of sp³-hybridized carbons (Fsp3) is 0. The lowest BCUT2D eigenvalue weighted by molar-refractivity contribution is 1.10. The third-order valence-corrected chi connectivity index (χ3v) is 2.70. The highest BCUT2D eigenvalue weighted by molar-refractivity contribution is 14.1. The van der Waals surface area contributed by atoms with Crippen LogP contribution < -0.4 is 0 Å². The molecule has 12 heavy (non-hydrogen) atoms. The Hall–Kier alpha value is -0.0500. The van der Waals surface area contributed by atoms with Crippen LogP contribution in [-0.4, -0.2) is 15.0 Å². The number of aromatic nitrogens is 3. The van der Waals surface area contributed by atoms with E-state index in [0.717, 1.165) is 18.6 Å². The molecule has 2 rings (SSSR count). The smallest absolute Gasteiger partial charge is 0.193 e. The number of rotatable bonds is 0. The molecule has 0 saturated heterocycles. The zero-order valence-corrected chi connectivity index (χ0v) is 10.1. The van der Waals surface area contributed by atoms with Crippen molar-refractivity contribution in [2.75, 3.05) is 0 Å². The fourth-order valence-corrected chi connectivity index (χ4v) is 2.48. The van der Waals surface area contributed by atoms with E-state index in [2.05, 4.69) is 60.1 Å². The molecule has 2 aromatic rings. The lowest BCUT2D eigenvalue weighted by Gasteiger charge is -1.97. The fourth-order valence-electron chi connectivity index (χ4n) is 0.901. The quantitative estimate of drug-likeness (QED) is 0.398. The van der Waals surface area contributed by atoms with E-state index in [1.54, 1.807) is 6.20 Å². The average molecular weight is 383 g/mol. The highest BCUT2D eigenvalue weighted by atomic mass is 127. The Labute approximate surface area is 96.3 Å². The first kappa shape index (κ1) is 8.54. The van der Waals surface area contributed by atoms with E-state index in [-0.39, 0.29) is 0 Å². The SMILES string of the molecule is Ic1nc(I)c2cccnc2n1. The van der Waals surface area contributed by atoms with Gasteiger partial charge in [0.1, 0.15) is 3.70 Å². The number of fused-ring (bicyclic) bond motifs is 1. The van der Waals surface area contributed by atoms with Gasteiger partial charge < -0.3 is 0 Å². The molecule has 0 aliphatic heterocycles. The minimum absolute atomic E-state index is 0.739. The summed E-state index contributed by atoms with van der Waals surface area (Å²) < 4.78 is 1.69. The molecule has 0 fully saturated rings. The first-order chi connectivity index (χ1) is 5.77. The van der Waals surface area contributed by atoms with Crippen molar-refractivity contribution in [2.24, 2.45) is 0 Å². The van der Waals surface area contributed by atoms with Crippen LogP contribution in [0.2, 0.25) is 0 Å². The molecule has 0 aliphatic carbocycles. The maximum absolute atomic E-state index is 4.22. The van der Waals surface area contributed by atoms with E-state index >= 15 is 0 Å². The van der Waals surface area contributed by atoms with Gasteiger partial charge in [-0.1, -0.05) is 0 Å². The van der Waals surface area contributed by atoms with E-state index in [1.165, 1.54) is 0 Å². The van der Waals surface area contributed by atoms with Crippen LogP contribution >= 0.6 is 45.2 Å². The van der Waals surface area contributed by atoms with E-state index in [9.17, 15) is 0 Å². The Morgan fingerprint density at radius 2 is 2.00 bits per heavy atom. The normalized spacial score (nSPS) is 10.5. The van der Waals surface area contributed by atoms with Crippen LogP contribution in [-0.2, 0) is 0 Å². The highest BCUT2D eigenvalue weighted by Gasteiger charge is 2.02. The van der Waals surface area contributed by atoms with Crippen LogP contribution in [0.4, 0.5) is 0 Å². The molecule has 2 aromatic heterocycles. The largest absolute Gasteiger partial charge is 0.236 e. The van der Waals surface area contributed by atoms with Crippen molar-refractivity contribution >= 4 is 56.2 Å². The minimum Gasteiger partial charge on any atom is -0.236 e. The Bertz CT molecular complexity index is 430. The molecule has 0 atom stereocenters. The lowest BCUT2D eigenvalue weighted by atomic mass is 10.3. The summed E-state index contributed by atoms with van der Waals surface area (Å²) in [6.45, 7) is 0. The Morgan fingerprint density at radius 1 is 1.17 bits per heavy atom. The summed E-state index contributed by atoms with van der Waals surface area (Å²) in [7, 11) is 0. The maximum atomic E-state index is 4.22. The molecule has 0 spiro atoms. The summed E-state index contributed by atoms with van der Waals surface area (Å²) in [5, 5.41) is 1.01. The number of hydrogen-bond donors (Lipinski definition) is 0. The van der Waals surface area contributed by atoms with E-state index in [1.807, 2.05) is 12.1 Å². The van der Waals surface area contributed by atoms with Crippen LogP contribution in [0.1, 0.15) is 0 Å². The van der Waals surface area contributed by atoms with Crippen LogP contribution in [0.25, 0.3) is 11.0 Å². The van der Waals surface area contributed by atoms with E-state index < -0.39 is 0 Å². The van der Waals surface area contributed by atoms with Gasteiger partial charge in [-0.3, -0.25) is 0 Å². The van der Waals surface area contributed by atoms with Gasteiger partial charge in [0.2, 0.25) is 0 Å². The summed E-state index contributed by atoms with van der Waals surface area (Å²) in [6, 6.07) is 3.86. The first-order valence-corrected chi connectivity index (χ1v) is 5.37. The van der Waals surface area contributed by atoms with Gasteiger partial charge in [-0.2, -0.15) is 0 Å². The number of hydrogen-bond acceptors (Lipinski definition) is 3. The maximum Gasteiger partial charge on any atom is 0.193 e. The van der Waals surface area contributed by atoms with Crippen LogP contribution in [0.5, 0.6) is 0 Å². The molecule has 5 heteroatoms. The summed E-state index contributed by atoms with van der Waals surface area (Å²) in [5.41, 5.74) is 0.765. The van der Waals surface area contributed by atoms with Crippen molar-refractivity contribution in [1.29, 1.82) is 0 Å². The zero-order chi connectivity index (χ0) is 8.55. The summed E-state index contributed by atoms with van der Waals surface area (Å²) in [6.07, 6.45) is 1.74. The minimum atomic E-state index is 0.739. The van der Waals surface area contributed by atoms with Gasteiger partial charge in [0.15, 0.2) is 9.48 Å². The molecule has 0 aliphatic rings. The molecule has 0 N–H and O–H groups in total. The summed E-state index contributed by atoms with van der Waals surface area (Å²) in [4.78, 5) is 12.6. The number of nitrogens with zero attached hydrogens (tertiary/aromatic N) is 3. The van der Waals surface area contributed by atoms with E-state index in [4.69, 9.17) is 0 Å². The predicted molar refractivity (Wildman–Crippen MR) is 62.8 cm³/mol. The van der Waals surface area contributed by atoms with Crippen molar-refractivity contribution in [3.8, 4) is 0 Å². The Morgan fingerprint density at radius 3 is 2.83 bits per heavy atom. The zero-order valence-electron chi connectivity index (χ0n) is 5.83. The predicted octanol–water partition coefficient (Wildman–Crippen LogP) is 2.23. The summed E-state index contributed by atoms with van der Waals surface area (Å²) >= 11 is 4.27. The van der Waals surface area contributed by atoms with Gasteiger partial charge in [-0.15, -0.1) is 0 Å². The van der Waals surface area contributed by atoms with Gasteiger partial charge in [0, 0.05) is 28.8 Å². The topological polar surface area (TPSA) is 38.7 Å². The van der Waals surface area contributed by atoms with Gasteiger partial charge in [-0.05, 0) is 34.7 Å². The monoisotopic (exact) mass is 383 g/mol. The van der Waals surface area contributed by atoms with Crippen LogP contribution in [0.15, 0.2) is 18.3 Å². The standard InChI is InChI=1S/C7H3I2N3/c8-5-4-2-1-3-10-6(4)12-7(9)11-5/h1-3H.